The second-order valence-electron chi connectivity index (χ2n) is 11.8. The van der Waals surface area contributed by atoms with Crippen molar-refractivity contribution in [2.45, 2.75) is 52.7 Å². The number of esters is 2. The standard InChI is InChI=1S/C16H15ClO3.C15H21BO4.C7H6BrClO/c1-3-20-16(18)14-7-5-4-6-12(14)13-9-8-11(19-2)10-15(13)17;1-6-18-13(17)11-9-7-8-10-12(11)16-19-14(2,3)15(4,5)20-16;1-10-5-2-3-6(8)7(9)4-5/h4-10H,3H2,1-2H3;7-10H,6H2,1-5H3;2-4H,1H3. The van der Waals surface area contributed by atoms with Crippen LogP contribution >= 0.6 is 39.1 Å². The molecule has 8 nitrogen and oxygen atoms in total. The lowest BCUT2D eigenvalue weighted by Gasteiger charge is -2.32. The summed E-state index contributed by atoms with van der Waals surface area (Å²) in [6, 6.07) is 25.3. The van der Waals surface area contributed by atoms with Crippen molar-refractivity contribution in [1.82, 2.24) is 0 Å². The highest BCUT2D eigenvalue weighted by atomic mass is 79.9. The van der Waals surface area contributed by atoms with Crippen LogP contribution < -0.4 is 14.9 Å². The maximum atomic E-state index is 12.0. The van der Waals surface area contributed by atoms with Crippen molar-refractivity contribution in [2.75, 3.05) is 27.4 Å². The summed E-state index contributed by atoms with van der Waals surface area (Å²) in [5, 5.41) is 1.19. The van der Waals surface area contributed by atoms with Crippen LogP contribution in [0, 0.1) is 0 Å². The van der Waals surface area contributed by atoms with Crippen LogP contribution in [-0.4, -0.2) is 57.7 Å². The molecule has 0 amide bonds. The van der Waals surface area contributed by atoms with E-state index in [0.29, 0.717) is 45.6 Å². The van der Waals surface area contributed by atoms with Gasteiger partial charge in [0, 0.05) is 10.0 Å². The topological polar surface area (TPSA) is 89.5 Å². The Hall–Kier alpha value is -3.54. The van der Waals surface area contributed by atoms with Crippen LogP contribution in [0.1, 0.15) is 62.3 Å². The summed E-state index contributed by atoms with van der Waals surface area (Å²) in [5.74, 6) is 0.744. The molecule has 0 aliphatic carbocycles. The maximum Gasteiger partial charge on any atom is 0.495 e. The molecule has 0 N–H and O–H groups in total. The Kier molecular flexibility index (Phi) is 15.2. The average molecular weight is 788 g/mol. The van der Waals surface area contributed by atoms with Gasteiger partial charge >= 0.3 is 19.1 Å². The predicted molar refractivity (Wildman–Crippen MR) is 203 cm³/mol. The highest BCUT2D eigenvalue weighted by Crippen LogP contribution is 2.37. The molecule has 0 aromatic heterocycles. The largest absolute Gasteiger partial charge is 0.497 e. The Morgan fingerprint density at radius 2 is 1.16 bits per heavy atom. The quantitative estimate of drug-likeness (QED) is 0.129. The second-order valence-corrected chi connectivity index (χ2v) is 13.5. The minimum atomic E-state index is -0.555. The van der Waals surface area contributed by atoms with Gasteiger partial charge < -0.3 is 28.3 Å². The minimum Gasteiger partial charge on any atom is -0.497 e. The third-order valence-electron chi connectivity index (χ3n) is 7.98. The average Bonchev–Trinajstić information content (AvgIpc) is 3.32. The molecule has 4 aromatic carbocycles. The highest BCUT2D eigenvalue weighted by Gasteiger charge is 2.52. The summed E-state index contributed by atoms with van der Waals surface area (Å²) < 4.78 is 33.1. The molecule has 1 heterocycles. The molecule has 0 saturated carbocycles. The zero-order chi connectivity index (χ0) is 37.1. The van der Waals surface area contributed by atoms with Crippen molar-refractivity contribution < 1.29 is 37.8 Å². The van der Waals surface area contributed by atoms with E-state index >= 15 is 0 Å². The third kappa shape index (κ3) is 10.5. The molecule has 1 saturated heterocycles. The Labute approximate surface area is 313 Å². The summed E-state index contributed by atoms with van der Waals surface area (Å²) in [7, 11) is 2.64. The maximum absolute atomic E-state index is 12.0. The highest BCUT2D eigenvalue weighted by molar-refractivity contribution is 9.10. The van der Waals surface area contributed by atoms with Crippen LogP contribution in [0.3, 0.4) is 0 Å². The first-order valence-corrected chi connectivity index (χ1v) is 17.4. The number of carbonyl (C=O) groups excluding carboxylic acids is 2. The summed E-state index contributed by atoms with van der Waals surface area (Å²) in [6.07, 6.45) is 0. The van der Waals surface area contributed by atoms with Crippen molar-refractivity contribution >= 4 is 63.7 Å². The van der Waals surface area contributed by atoms with E-state index < -0.39 is 18.3 Å². The lowest BCUT2D eigenvalue weighted by molar-refractivity contribution is 0.00578. The van der Waals surface area contributed by atoms with E-state index in [-0.39, 0.29) is 11.9 Å². The minimum absolute atomic E-state index is 0.337. The van der Waals surface area contributed by atoms with Crippen LogP contribution in [0.5, 0.6) is 11.5 Å². The van der Waals surface area contributed by atoms with Crippen molar-refractivity contribution in [2.24, 2.45) is 0 Å². The van der Waals surface area contributed by atoms with Crippen molar-refractivity contribution in [1.29, 1.82) is 0 Å². The first-order chi connectivity index (χ1) is 23.7. The van der Waals surface area contributed by atoms with Gasteiger partial charge in [0.15, 0.2) is 0 Å². The van der Waals surface area contributed by atoms with E-state index in [9.17, 15) is 9.59 Å². The smallest absolute Gasteiger partial charge is 0.495 e. The molecule has 1 aliphatic rings. The number of halogens is 3. The number of ether oxygens (including phenoxy) is 4. The molecular formula is C38H42BBrCl2O8. The van der Waals surface area contributed by atoms with Gasteiger partial charge in [-0.05, 0) is 117 Å². The molecule has 50 heavy (non-hydrogen) atoms. The molecule has 0 bridgehead atoms. The van der Waals surface area contributed by atoms with E-state index in [2.05, 4.69) is 15.9 Å². The van der Waals surface area contributed by atoms with Crippen LogP contribution in [0.4, 0.5) is 0 Å². The van der Waals surface area contributed by atoms with Gasteiger partial charge in [-0.15, -0.1) is 0 Å². The number of methoxy groups -OCH3 is 2. The zero-order valence-electron chi connectivity index (χ0n) is 29.5. The summed E-state index contributed by atoms with van der Waals surface area (Å²) >= 11 is 15.3. The van der Waals surface area contributed by atoms with Crippen molar-refractivity contribution in [3.63, 3.8) is 0 Å². The van der Waals surface area contributed by atoms with E-state index in [1.165, 1.54) is 0 Å². The van der Waals surface area contributed by atoms with Gasteiger partial charge in [-0.1, -0.05) is 59.6 Å². The van der Waals surface area contributed by atoms with Crippen LogP contribution in [0.25, 0.3) is 11.1 Å². The molecule has 12 heteroatoms. The van der Waals surface area contributed by atoms with Gasteiger partial charge in [0.1, 0.15) is 11.5 Å². The second kappa shape index (κ2) is 18.6. The van der Waals surface area contributed by atoms with E-state index in [1.54, 1.807) is 64.5 Å². The van der Waals surface area contributed by atoms with Gasteiger partial charge in [-0.25, -0.2) is 9.59 Å². The third-order valence-corrected chi connectivity index (χ3v) is 9.52. The fourth-order valence-electron chi connectivity index (χ4n) is 4.62. The molecular weight excluding hydrogens is 746 g/mol. The van der Waals surface area contributed by atoms with Crippen LogP contribution in [0.2, 0.25) is 10.0 Å². The summed E-state index contributed by atoms with van der Waals surface area (Å²) in [6.45, 7) is 12.2. The lowest BCUT2D eigenvalue weighted by Crippen LogP contribution is -2.41. The first-order valence-electron chi connectivity index (χ1n) is 15.9. The zero-order valence-corrected chi connectivity index (χ0v) is 32.6. The molecule has 0 radical (unpaired) electrons. The molecule has 0 spiro atoms. The lowest BCUT2D eigenvalue weighted by atomic mass is 9.76. The Morgan fingerprint density at radius 3 is 1.68 bits per heavy atom. The molecule has 1 aliphatic heterocycles. The van der Waals surface area contributed by atoms with E-state index in [0.717, 1.165) is 21.3 Å². The van der Waals surface area contributed by atoms with Crippen molar-refractivity contribution in [3.05, 3.63) is 111 Å². The van der Waals surface area contributed by atoms with Gasteiger partial charge in [0.25, 0.3) is 0 Å². The number of benzene rings is 4. The van der Waals surface area contributed by atoms with Gasteiger partial charge in [0.2, 0.25) is 0 Å². The Bertz CT molecular complexity index is 1750. The first kappa shape index (κ1) is 40.9. The number of hydrogen-bond donors (Lipinski definition) is 0. The molecule has 266 valence electrons. The Balaban J connectivity index is 0.000000214. The fraction of sp³-hybridized carbons (Fsp3) is 0.316. The molecule has 5 rings (SSSR count). The van der Waals surface area contributed by atoms with E-state index in [1.807, 2.05) is 76.2 Å². The van der Waals surface area contributed by atoms with Gasteiger partial charge in [0.05, 0.1) is 59.8 Å². The normalized spacial score (nSPS) is 13.9. The van der Waals surface area contributed by atoms with Crippen LogP contribution in [-0.2, 0) is 18.8 Å². The SMILES string of the molecule is CCOC(=O)c1ccccc1-c1ccc(OC)cc1Cl.CCOC(=O)c1ccccc1B1OC(C)(C)C(C)(C)O1.COc1ccc(Br)c(Cl)c1. The predicted octanol–water partition coefficient (Wildman–Crippen LogP) is 9.47. The number of hydrogen-bond acceptors (Lipinski definition) is 8. The summed E-state index contributed by atoms with van der Waals surface area (Å²) in [4.78, 5) is 24.0. The molecule has 0 atom stereocenters. The molecule has 1 fully saturated rings. The monoisotopic (exact) mass is 786 g/mol. The van der Waals surface area contributed by atoms with Gasteiger partial charge in [-0.3, -0.25) is 0 Å². The number of rotatable bonds is 8. The van der Waals surface area contributed by atoms with Crippen LogP contribution in [0.15, 0.2) is 89.4 Å². The fourth-order valence-corrected chi connectivity index (χ4v) is 5.31. The van der Waals surface area contributed by atoms with Gasteiger partial charge in [-0.2, -0.15) is 0 Å². The summed E-state index contributed by atoms with van der Waals surface area (Å²) in [5.41, 5.74) is 2.37. The van der Waals surface area contributed by atoms with Crippen molar-refractivity contribution in [3.8, 4) is 22.6 Å². The number of carbonyl (C=O) groups is 2. The Morgan fingerprint density at radius 1 is 0.680 bits per heavy atom. The van der Waals surface area contributed by atoms with E-state index in [4.69, 9.17) is 51.5 Å². The molecule has 4 aromatic rings. The molecule has 0 unspecified atom stereocenters.